The Kier molecular flexibility index (Phi) is 4.03. The summed E-state index contributed by atoms with van der Waals surface area (Å²) in [6, 6.07) is 0. The summed E-state index contributed by atoms with van der Waals surface area (Å²) in [5.74, 6) is 0.831. The van der Waals surface area contributed by atoms with Gasteiger partial charge >= 0.3 is 0 Å². The van der Waals surface area contributed by atoms with Crippen LogP contribution in [-0.4, -0.2) is 22.1 Å². The summed E-state index contributed by atoms with van der Waals surface area (Å²) in [4.78, 5) is 8.62. The topological polar surface area (TPSA) is 49.8 Å². The molecule has 0 aromatic carbocycles. The smallest absolute Gasteiger partial charge is 0.145 e. The third-order valence-corrected chi connectivity index (χ3v) is 1.74. The van der Waals surface area contributed by atoms with E-state index in [0.29, 0.717) is 0 Å². The summed E-state index contributed by atoms with van der Waals surface area (Å²) in [6.07, 6.45) is 3.54. The summed E-state index contributed by atoms with van der Waals surface area (Å²) in [7, 11) is 0. The van der Waals surface area contributed by atoms with Gasteiger partial charge in [0.2, 0.25) is 0 Å². The molecule has 0 saturated carbocycles. The first-order valence-corrected chi connectivity index (χ1v) is 5.31. The largest absolute Gasteiger partial charge is 0.364 e. The lowest BCUT2D eigenvalue weighted by Gasteiger charge is -2.21. The van der Waals surface area contributed by atoms with Gasteiger partial charge in [-0.3, -0.25) is 4.98 Å². The highest BCUT2D eigenvalue weighted by Crippen LogP contribution is 2.10. The fraction of sp³-hybridized carbons (Fsp3) is 0.636. The minimum atomic E-state index is 0.0193. The molecule has 15 heavy (non-hydrogen) atoms. The van der Waals surface area contributed by atoms with E-state index in [-0.39, 0.29) is 5.54 Å². The highest BCUT2D eigenvalue weighted by atomic mass is 15.1. The second-order valence-corrected chi connectivity index (χ2v) is 4.55. The van der Waals surface area contributed by atoms with Crippen molar-refractivity contribution in [2.75, 3.05) is 11.9 Å². The predicted molar refractivity (Wildman–Crippen MR) is 62.8 cm³/mol. The maximum absolute atomic E-state index is 4.46. The molecule has 0 aliphatic carbocycles. The lowest BCUT2D eigenvalue weighted by Crippen LogP contribution is -2.27. The zero-order valence-corrected chi connectivity index (χ0v) is 9.96. The molecule has 1 heterocycles. The molecule has 0 atom stereocenters. The van der Waals surface area contributed by atoms with E-state index in [1.807, 2.05) is 0 Å². The van der Waals surface area contributed by atoms with Crippen molar-refractivity contribution in [3.8, 4) is 0 Å². The van der Waals surface area contributed by atoms with Crippen LogP contribution in [-0.2, 0) is 6.54 Å². The molecule has 2 N–H and O–H groups in total. The van der Waals surface area contributed by atoms with Gasteiger partial charge in [-0.2, -0.15) is 0 Å². The van der Waals surface area contributed by atoms with Crippen molar-refractivity contribution in [1.29, 1.82) is 0 Å². The molecule has 0 aliphatic rings. The van der Waals surface area contributed by atoms with Gasteiger partial charge in [-0.05, 0) is 27.3 Å². The van der Waals surface area contributed by atoms with Gasteiger partial charge in [-0.1, -0.05) is 6.92 Å². The van der Waals surface area contributed by atoms with Crippen LogP contribution in [0.2, 0.25) is 0 Å². The fourth-order valence-electron chi connectivity index (χ4n) is 1.19. The van der Waals surface area contributed by atoms with E-state index in [2.05, 4.69) is 48.3 Å². The van der Waals surface area contributed by atoms with Gasteiger partial charge < -0.3 is 10.6 Å². The monoisotopic (exact) mass is 208 g/mol. The van der Waals surface area contributed by atoms with E-state index in [1.54, 1.807) is 12.4 Å². The Morgan fingerprint density at radius 1 is 1.27 bits per heavy atom. The molecule has 0 spiro atoms. The van der Waals surface area contributed by atoms with Crippen LogP contribution in [0.25, 0.3) is 0 Å². The minimum absolute atomic E-state index is 0.0193. The Morgan fingerprint density at radius 2 is 2.00 bits per heavy atom. The molecule has 4 nitrogen and oxygen atoms in total. The van der Waals surface area contributed by atoms with Gasteiger partial charge in [0.15, 0.2) is 0 Å². The summed E-state index contributed by atoms with van der Waals surface area (Å²) in [5, 5.41) is 6.52. The molecule has 0 saturated heterocycles. The van der Waals surface area contributed by atoms with Crippen molar-refractivity contribution in [2.24, 2.45) is 0 Å². The van der Waals surface area contributed by atoms with Crippen molar-refractivity contribution in [1.82, 2.24) is 15.3 Å². The van der Waals surface area contributed by atoms with Gasteiger partial charge in [0.1, 0.15) is 5.82 Å². The average Bonchev–Trinajstić information content (AvgIpc) is 2.12. The maximum atomic E-state index is 4.46. The molecule has 84 valence electrons. The summed E-state index contributed by atoms with van der Waals surface area (Å²) in [6.45, 7) is 10.1. The number of hydrogen-bond acceptors (Lipinski definition) is 4. The van der Waals surface area contributed by atoms with E-state index in [0.717, 1.165) is 24.6 Å². The number of aromatic nitrogens is 2. The first-order valence-electron chi connectivity index (χ1n) is 5.31. The molecular weight excluding hydrogens is 188 g/mol. The van der Waals surface area contributed by atoms with Crippen LogP contribution in [0, 0.1) is 0 Å². The molecule has 0 unspecified atom stereocenters. The Morgan fingerprint density at radius 3 is 2.60 bits per heavy atom. The molecule has 0 aliphatic heterocycles. The molecule has 1 aromatic rings. The van der Waals surface area contributed by atoms with Gasteiger partial charge in [0.25, 0.3) is 0 Å². The fourth-order valence-corrected chi connectivity index (χ4v) is 1.19. The van der Waals surface area contributed by atoms with Crippen molar-refractivity contribution in [3.63, 3.8) is 0 Å². The van der Waals surface area contributed by atoms with Gasteiger partial charge in [-0.15, -0.1) is 0 Å². The second-order valence-electron chi connectivity index (χ2n) is 4.55. The number of nitrogens with zero attached hydrogens (tertiary/aromatic N) is 2. The maximum Gasteiger partial charge on any atom is 0.145 e. The van der Waals surface area contributed by atoms with Crippen molar-refractivity contribution in [2.45, 2.75) is 39.8 Å². The van der Waals surface area contributed by atoms with Crippen molar-refractivity contribution < 1.29 is 0 Å². The van der Waals surface area contributed by atoms with Crippen LogP contribution in [0.1, 0.15) is 33.4 Å². The molecular formula is C11H20N4. The number of rotatable bonds is 4. The van der Waals surface area contributed by atoms with Gasteiger partial charge in [-0.25, -0.2) is 4.98 Å². The Bertz CT molecular complexity index is 304. The summed E-state index contributed by atoms with van der Waals surface area (Å²) < 4.78 is 0. The SMILES string of the molecule is CCNCc1cncc(NC(C)(C)C)n1. The molecule has 0 amide bonds. The minimum Gasteiger partial charge on any atom is -0.364 e. The first-order chi connectivity index (χ1) is 7.01. The van der Waals surface area contributed by atoms with Crippen molar-refractivity contribution in [3.05, 3.63) is 18.1 Å². The van der Waals surface area contributed by atoms with Crippen LogP contribution in [0.3, 0.4) is 0 Å². The molecule has 0 bridgehead atoms. The van der Waals surface area contributed by atoms with E-state index >= 15 is 0 Å². The highest BCUT2D eigenvalue weighted by Gasteiger charge is 2.10. The number of nitrogens with one attached hydrogen (secondary N) is 2. The molecule has 1 aromatic heterocycles. The third-order valence-electron chi connectivity index (χ3n) is 1.74. The quantitative estimate of drug-likeness (QED) is 0.792. The van der Waals surface area contributed by atoms with E-state index in [4.69, 9.17) is 0 Å². The van der Waals surface area contributed by atoms with Crippen LogP contribution < -0.4 is 10.6 Å². The lowest BCUT2D eigenvalue weighted by atomic mass is 10.1. The van der Waals surface area contributed by atoms with Gasteiger partial charge in [0.05, 0.1) is 11.9 Å². The van der Waals surface area contributed by atoms with Crippen LogP contribution in [0.4, 0.5) is 5.82 Å². The second kappa shape index (κ2) is 5.07. The summed E-state index contributed by atoms with van der Waals surface area (Å²) >= 11 is 0. The van der Waals surface area contributed by atoms with E-state index in [9.17, 15) is 0 Å². The zero-order chi connectivity index (χ0) is 11.3. The third kappa shape index (κ3) is 4.74. The van der Waals surface area contributed by atoms with E-state index < -0.39 is 0 Å². The highest BCUT2D eigenvalue weighted by molar-refractivity contribution is 5.34. The Balaban J connectivity index is 2.66. The average molecular weight is 208 g/mol. The van der Waals surface area contributed by atoms with Crippen LogP contribution in [0.15, 0.2) is 12.4 Å². The number of hydrogen-bond donors (Lipinski definition) is 2. The standard InChI is InChI=1S/C11H20N4/c1-5-12-6-9-7-13-8-10(14-9)15-11(2,3)4/h7-8,12H,5-6H2,1-4H3,(H,14,15). The van der Waals surface area contributed by atoms with E-state index in [1.165, 1.54) is 0 Å². The normalized spacial score (nSPS) is 11.5. The Hall–Kier alpha value is -1.16. The molecule has 1 rings (SSSR count). The number of anilines is 1. The van der Waals surface area contributed by atoms with Crippen molar-refractivity contribution >= 4 is 5.82 Å². The van der Waals surface area contributed by atoms with Gasteiger partial charge in [0, 0.05) is 18.3 Å². The predicted octanol–water partition coefficient (Wildman–Crippen LogP) is 1.80. The summed E-state index contributed by atoms with van der Waals surface area (Å²) in [5.41, 5.74) is 0.983. The lowest BCUT2D eigenvalue weighted by molar-refractivity contribution is 0.627. The molecule has 0 radical (unpaired) electrons. The molecule has 0 fully saturated rings. The van der Waals surface area contributed by atoms with Crippen LogP contribution >= 0.6 is 0 Å². The zero-order valence-electron chi connectivity index (χ0n) is 9.96. The Labute approximate surface area is 91.5 Å². The molecule has 4 heteroatoms. The van der Waals surface area contributed by atoms with Crippen LogP contribution in [0.5, 0.6) is 0 Å². The first kappa shape index (κ1) is 11.9.